The average Bonchev–Trinajstić information content (AvgIpc) is 3.09. The number of ether oxygens (including phenoxy) is 1. The zero-order chi connectivity index (χ0) is 16.9. The Morgan fingerprint density at radius 3 is 2.28 bits per heavy atom. The van der Waals surface area contributed by atoms with Crippen LogP contribution in [0.5, 0.6) is 5.75 Å². The van der Waals surface area contributed by atoms with Crippen LogP contribution in [0.3, 0.4) is 0 Å². The lowest BCUT2D eigenvalue weighted by molar-refractivity contribution is 0.249. The quantitative estimate of drug-likeness (QED) is 0.372. The summed E-state index contributed by atoms with van der Waals surface area (Å²) in [5, 5.41) is 0. The summed E-state index contributed by atoms with van der Waals surface area (Å²) in [5.74, 6) is 2.97. The van der Waals surface area contributed by atoms with Crippen molar-refractivity contribution in [2.24, 2.45) is 0 Å². The summed E-state index contributed by atoms with van der Waals surface area (Å²) in [5.41, 5.74) is 2.17. The molecule has 0 fully saturated rings. The van der Waals surface area contributed by atoms with Gasteiger partial charge in [0.25, 0.3) is 0 Å². The SMILES string of the molecule is [CH](Sc1nc2ccccc2s1)C(Oc1ccccc1)c1ccccc1. The number of aromatic nitrogens is 1. The Labute approximate surface area is 155 Å². The standard InChI is InChI=1S/C21H16NOS2/c1-3-9-16(10-4-1)19(23-17-11-5-2-6-12-17)15-24-21-22-18-13-7-8-14-20(18)25-21/h1-15,19H. The van der Waals surface area contributed by atoms with Crippen molar-refractivity contribution in [3.63, 3.8) is 0 Å². The molecule has 4 rings (SSSR count). The average molecular weight is 362 g/mol. The van der Waals surface area contributed by atoms with Gasteiger partial charge < -0.3 is 4.74 Å². The molecular formula is C21H16NOS2. The van der Waals surface area contributed by atoms with E-state index in [9.17, 15) is 0 Å². The summed E-state index contributed by atoms with van der Waals surface area (Å²) in [6.45, 7) is 0. The molecule has 0 saturated heterocycles. The highest BCUT2D eigenvalue weighted by Crippen LogP contribution is 2.36. The lowest BCUT2D eigenvalue weighted by atomic mass is 10.1. The normalized spacial score (nSPS) is 12.2. The highest BCUT2D eigenvalue weighted by molar-refractivity contribution is 8.03. The molecule has 0 aliphatic rings. The lowest BCUT2D eigenvalue weighted by Gasteiger charge is -2.18. The molecule has 4 aromatic rings. The number of hydrogen-bond donors (Lipinski definition) is 0. The van der Waals surface area contributed by atoms with E-state index in [1.54, 1.807) is 23.1 Å². The van der Waals surface area contributed by atoms with Crippen LogP contribution in [0.25, 0.3) is 10.2 Å². The zero-order valence-corrected chi connectivity index (χ0v) is 15.0. The van der Waals surface area contributed by atoms with Gasteiger partial charge in [-0.25, -0.2) is 4.98 Å². The van der Waals surface area contributed by atoms with Crippen LogP contribution in [-0.2, 0) is 0 Å². The first-order chi connectivity index (χ1) is 12.4. The Morgan fingerprint density at radius 2 is 1.52 bits per heavy atom. The van der Waals surface area contributed by atoms with E-state index in [1.807, 2.05) is 66.7 Å². The fraction of sp³-hybridized carbons (Fsp3) is 0.0476. The third kappa shape index (κ3) is 4.03. The van der Waals surface area contributed by atoms with Crippen LogP contribution < -0.4 is 4.74 Å². The van der Waals surface area contributed by atoms with Gasteiger partial charge in [-0.1, -0.05) is 72.4 Å². The third-order valence-electron chi connectivity index (χ3n) is 3.70. The van der Waals surface area contributed by atoms with Crippen LogP contribution in [0.2, 0.25) is 0 Å². The van der Waals surface area contributed by atoms with Gasteiger partial charge in [-0.15, -0.1) is 11.3 Å². The number of para-hydroxylation sites is 2. The molecule has 3 aromatic carbocycles. The van der Waals surface area contributed by atoms with Gasteiger partial charge in [-0.05, 0) is 29.8 Å². The Morgan fingerprint density at radius 1 is 0.840 bits per heavy atom. The van der Waals surface area contributed by atoms with Gasteiger partial charge in [0.15, 0.2) is 4.34 Å². The molecule has 25 heavy (non-hydrogen) atoms. The van der Waals surface area contributed by atoms with Gasteiger partial charge in [-0.3, -0.25) is 0 Å². The fourth-order valence-electron chi connectivity index (χ4n) is 2.48. The monoisotopic (exact) mass is 362 g/mol. The van der Waals surface area contributed by atoms with Crippen molar-refractivity contribution in [2.45, 2.75) is 10.4 Å². The second kappa shape index (κ2) is 7.72. The highest BCUT2D eigenvalue weighted by atomic mass is 32.2. The number of thioether (sulfide) groups is 1. The van der Waals surface area contributed by atoms with E-state index in [-0.39, 0.29) is 6.10 Å². The largest absolute Gasteiger partial charge is 0.485 e. The van der Waals surface area contributed by atoms with E-state index < -0.39 is 0 Å². The molecule has 4 heteroatoms. The van der Waals surface area contributed by atoms with Crippen molar-refractivity contribution < 1.29 is 4.74 Å². The maximum Gasteiger partial charge on any atom is 0.151 e. The van der Waals surface area contributed by atoms with Crippen LogP contribution in [0.1, 0.15) is 11.7 Å². The van der Waals surface area contributed by atoms with E-state index in [2.05, 4.69) is 28.9 Å². The smallest absolute Gasteiger partial charge is 0.151 e. The van der Waals surface area contributed by atoms with Crippen LogP contribution in [0, 0.1) is 5.75 Å². The minimum atomic E-state index is -0.138. The molecule has 1 aromatic heterocycles. The van der Waals surface area contributed by atoms with Gasteiger partial charge in [0.1, 0.15) is 11.9 Å². The summed E-state index contributed by atoms with van der Waals surface area (Å²) in [6.07, 6.45) is -0.138. The summed E-state index contributed by atoms with van der Waals surface area (Å²) < 4.78 is 8.43. The maximum absolute atomic E-state index is 6.20. The number of hydrogen-bond acceptors (Lipinski definition) is 4. The van der Waals surface area contributed by atoms with E-state index in [1.165, 1.54) is 4.70 Å². The van der Waals surface area contributed by atoms with Gasteiger partial charge in [0, 0.05) is 0 Å². The van der Waals surface area contributed by atoms with Gasteiger partial charge in [0.2, 0.25) is 0 Å². The predicted octanol–water partition coefficient (Wildman–Crippen LogP) is 6.37. The summed E-state index contributed by atoms with van der Waals surface area (Å²) in [7, 11) is 0. The highest BCUT2D eigenvalue weighted by Gasteiger charge is 2.16. The Hall–Kier alpha value is -2.30. The lowest BCUT2D eigenvalue weighted by Crippen LogP contribution is -2.06. The third-order valence-corrected chi connectivity index (χ3v) is 5.75. The Kier molecular flexibility index (Phi) is 5.00. The molecule has 0 amide bonds. The molecule has 0 aliphatic heterocycles. The molecule has 123 valence electrons. The molecule has 1 atom stereocenters. The van der Waals surface area contributed by atoms with Crippen LogP contribution in [-0.4, -0.2) is 4.98 Å². The molecule has 1 radical (unpaired) electrons. The van der Waals surface area contributed by atoms with E-state index in [4.69, 9.17) is 4.74 Å². The van der Waals surface area contributed by atoms with Crippen molar-refractivity contribution >= 4 is 33.3 Å². The Bertz CT molecular complexity index is 905. The van der Waals surface area contributed by atoms with Crippen molar-refractivity contribution in [3.05, 3.63) is 96.2 Å². The number of fused-ring (bicyclic) bond motifs is 1. The maximum atomic E-state index is 6.20. The van der Waals surface area contributed by atoms with Gasteiger partial charge in [0.05, 0.1) is 16.0 Å². The molecule has 0 saturated carbocycles. The molecule has 0 spiro atoms. The first kappa shape index (κ1) is 16.2. The fourth-order valence-corrected chi connectivity index (χ4v) is 4.41. The van der Waals surface area contributed by atoms with Gasteiger partial charge >= 0.3 is 0 Å². The van der Waals surface area contributed by atoms with E-state index in [0.717, 1.165) is 21.2 Å². The minimum Gasteiger partial charge on any atom is -0.485 e. The van der Waals surface area contributed by atoms with Crippen molar-refractivity contribution in [3.8, 4) is 5.75 Å². The molecule has 1 unspecified atom stereocenters. The molecule has 0 aliphatic carbocycles. The molecule has 2 nitrogen and oxygen atoms in total. The zero-order valence-electron chi connectivity index (χ0n) is 13.4. The van der Waals surface area contributed by atoms with E-state index in [0.29, 0.717) is 0 Å². The molecular weight excluding hydrogens is 346 g/mol. The number of benzene rings is 3. The second-order valence-electron chi connectivity index (χ2n) is 5.46. The summed E-state index contributed by atoms with van der Waals surface area (Å²) >= 11 is 3.33. The molecule has 0 bridgehead atoms. The van der Waals surface area contributed by atoms with Gasteiger partial charge in [-0.2, -0.15) is 0 Å². The predicted molar refractivity (Wildman–Crippen MR) is 106 cm³/mol. The van der Waals surface area contributed by atoms with Crippen LogP contribution in [0.4, 0.5) is 0 Å². The topological polar surface area (TPSA) is 22.1 Å². The summed E-state index contributed by atoms with van der Waals surface area (Å²) in [6, 6.07) is 28.4. The van der Waals surface area contributed by atoms with Crippen LogP contribution >= 0.6 is 23.1 Å². The minimum absolute atomic E-state index is 0.138. The number of nitrogens with zero attached hydrogens (tertiary/aromatic N) is 1. The second-order valence-corrected chi connectivity index (χ2v) is 7.65. The van der Waals surface area contributed by atoms with Crippen molar-refractivity contribution in [1.82, 2.24) is 4.98 Å². The molecule has 0 N–H and O–H groups in total. The molecule has 1 heterocycles. The number of rotatable bonds is 6. The van der Waals surface area contributed by atoms with E-state index >= 15 is 0 Å². The van der Waals surface area contributed by atoms with Crippen molar-refractivity contribution in [1.29, 1.82) is 0 Å². The van der Waals surface area contributed by atoms with Crippen LogP contribution in [0.15, 0.2) is 89.3 Å². The number of thiazole rings is 1. The first-order valence-corrected chi connectivity index (χ1v) is 9.70. The first-order valence-electron chi connectivity index (χ1n) is 8.01. The summed E-state index contributed by atoms with van der Waals surface area (Å²) in [4.78, 5) is 4.68. The van der Waals surface area contributed by atoms with Crippen molar-refractivity contribution in [2.75, 3.05) is 0 Å². The Balaban J connectivity index is 1.53.